The van der Waals surface area contributed by atoms with Crippen LogP contribution in [-0.2, 0) is 18.3 Å². The summed E-state index contributed by atoms with van der Waals surface area (Å²) in [6.45, 7) is 4.90. The number of amides is 1. The molecule has 0 spiro atoms. The summed E-state index contributed by atoms with van der Waals surface area (Å²) in [7, 11) is 2.12. The van der Waals surface area contributed by atoms with E-state index in [1.165, 1.54) is 28.5 Å². The van der Waals surface area contributed by atoms with Crippen molar-refractivity contribution in [2.45, 2.75) is 38.6 Å². The summed E-state index contributed by atoms with van der Waals surface area (Å²) in [5.41, 5.74) is 4.19. The van der Waals surface area contributed by atoms with Gasteiger partial charge in [0.15, 0.2) is 0 Å². The van der Waals surface area contributed by atoms with E-state index in [1.807, 2.05) is 0 Å². The standard InChI is InChI=1S/C18H22N2O/c1-11-7-15-14-5-4-6-16-18(14)13(10-19(16)3)8-17(15)20(9-11)12(2)21/h4-6,10-11,15,17H,7-9H2,1-3H3/t11-,15-,17-/m1/s1. The van der Waals surface area contributed by atoms with E-state index in [9.17, 15) is 4.79 Å². The molecule has 1 aromatic carbocycles. The summed E-state index contributed by atoms with van der Waals surface area (Å²) in [6, 6.07) is 7.00. The number of likely N-dealkylation sites (tertiary alicyclic amines) is 1. The third-order valence-electron chi connectivity index (χ3n) is 5.39. The highest BCUT2D eigenvalue weighted by atomic mass is 16.2. The topological polar surface area (TPSA) is 25.2 Å². The third kappa shape index (κ3) is 1.76. The van der Waals surface area contributed by atoms with Crippen molar-refractivity contribution in [2.24, 2.45) is 13.0 Å². The molecule has 4 rings (SSSR count). The normalized spacial score (nSPS) is 27.8. The fourth-order valence-corrected chi connectivity index (χ4v) is 4.56. The number of hydrogen-bond acceptors (Lipinski definition) is 1. The molecule has 0 bridgehead atoms. The van der Waals surface area contributed by atoms with Crippen molar-refractivity contribution in [1.82, 2.24) is 9.47 Å². The zero-order valence-corrected chi connectivity index (χ0v) is 13.0. The number of benzene rings is 1. The largest absolute Gasteiger partial charge is 0.350 e. The average molecular weight is 282 g/mol. The molecule has 0 radical (unpaired) electrons. The molecule has 21 heavy (non-hydrogen) atoms. The molecule has 2 aliphatic rings. The predicted molar refractivity (Wildman–Crippen MR) is 84.3 cm³/mol. The summed E-state index contributed by atoms with van der Waals surface area (Å²) in [5.74, 6) is 1.30. The Balaban J connectivity index is 1.90. The van der Waals surface area contributed by atoms with Gasteiger partial charge in [-0.2, -0.15) is 0 Å². The zero-order valence-electron chi connectivity index (χ0n) is 13.0. The Hall–Kier alpha value is -1.77. The summed E-state index contributed by atoms with van der Waals surface area (Å²) in [6.07, 6.45) is 4.45. The second-order valence-corrected chi connectivity index (χ2v) is 6.90. The Bertz CT molecular complexity index is 730. The molecule has 2 aromatic rings. The van der Waals surface area contributed by atoms with Gasteiger partial charge in [0, 0.05) is 49.6 Å². The van der Waals surface area contributed by atoms with Crippen LogP contribution in [0.5, 0.6) is 0 Å². The maximum atomic E-state index is 12.1. The van der Waals surface area contributed by atoms with Gasteiger partial charge in [-0.1, -0.05) is 19.1 Å². The van der Waals surface area contributed by atoms with Crippen molar-refractivity contribution in [3.63, 3.8) is 0 Å². The van der Waals surface area contributed by atoms with Crippen LogP contribution in [0.2, 0.25) is 0 Å². The van der Waals surface area contributed by atoms with Gasteiger partial charge < -0.3 is 9.47 Å². The average Bonchev–Trinajstić information content (AvgIpc) is 2.77. The van der Waals surface area contributed by atoms with Crippen LogP contribution in [0.25, 0.3) is 10.9 Å². The highest BCUT2D eigenvalue weighted by Gasteiger charge is 2.40. The summed E-state index contributed by atoms with van der Waals surface area (Å²) < 4.78 is 2.23. The van der Waals surface area contributed by atoms with Gasteiger partial charge in [-0.05, 0) is 36.0 Å². The van der Waals surface area contributed by atoms with E-state index in [1.54, 1.807) is 6.92 Å². The van der Waals surface area contributed by atoms with E-state index in [4.69, 9.17) is 0 Å². The Labute approximate surface area is 125 Å². The molecule has 1 saturated heterocycles. The van der Waals surface area contributed by atoms with Crippen molar-refractivity contribution < 1.29 is 4.79 Å². The van der Waals surface area contributed by atoms with Crippen LogP contribution in [0.3, 0.4) is 0 Å². The summed E-state index contributed by atoms with van der Waals surface area (Å²) >= 11 is 0. The van der Waals surface area contributed by atoms with E-state index in [2.05, 4.69) is 47.8 Å². The Kier molecular flexibility index (Phi) is 2.69. The fourth-order valence-electron chi connectivity index (χ4n) is 4.56. The molecule has 1 aromatic heterocycles. The van der Waals surface area contributed by atoms with Crippen LogP contribution < -0.4 is 0 Å². The number of aromatic nitrogens is 1. The molecular formula is C18H22N2O. The first kappa shape index (κ1) is 12.9. The van der Waals surface area contributed by atoms with Crippen molar-refractivity contribution >= 4 is 16.8 Å². The van der Waals surface area contributed by atoms with Gasteiger partial charge >= 0.3 is 0 Å². The van der Waals surface area contributed by atoms with Crippen LogP contribution >= 0.6 is 0 Å². The molecular weight excluding hydrogens is 260 g/mol. The number of fused-ring (bicyclic) bond motifs is 2. The minimum Gasteiger partial charge on any atom is -0.350 e. The van der Waals surface area contributed by atoms with Gasteiger partial charge in [0.1, 0.15) is 0 Å². The van der Waals surface area contributed by atoms with E-state index >= 15 is 0 Å². The first-order valence-corrected chi connectivity index (χ1v) is 7.90. The molecule has 1 amide bonds. The minimum absolute atomic E-state index is 0.225. The molecule has 3 heteroatoms. The lowest BCUT2D eigenvalue weighted by molar-refractivity contribution is -0.134. The molecule has 1 aliphatic heterocycles. The minimum atomic E-state index is 0.225. The number of aryl methyl sites for hydroxylation is 1. The molecule has 0 N–H and O–H groups in total. The van der Waals surface area contributed by atoms with Gasteiger partial charge in [0.25, 0.3) is 0 Å². The second-order valence-electron chi connectivity index (χ2n) is 6.90. The van der Waals surface area contributed by atoms with Gasteiger partial charge in [0.05, 0.1) is 0 Å². The lowest BCUT2D eigenvalue weighted by Crippen LogP contribution is -2.51. The zero-order chi connectivity index (χ0) is 14.7. The van der Waals surface area contributed by atoms with Crippen molar-refractivity contribution in [3.05, 3.63) is 35.5 Å². The van der Waals surface area contributed by atoms with Crippen molar-refractivity contribution in [2.75, 3.05) is 6.54 Å². The molecule has 0 saturated carbocycles. The number of hydrogen-bond donors (Lipinski definition) is 0. The molecule has 3 atom stereocenters. The van der Waals surface area contributed by atoms with Crippen molar-refractivity contribution in [1.29, 1.82) is 0 Å². The SMILES string of the molecule is CC(=O)N1C[C@H](C)C[C@@H]2c3cccc4c3c(cn4C)C[C@H]21. The Morgan fingerprint density at radius 1 is 1.33 bits per heavy atom. The molecule has 3 nitrogen and oxygen atoms in total. The lowest BCUT2D eigenvalue weighted by atomic mass is 9.72. The Morgan fingerprint density at radius 2 is 2.14 bits per heavy atom. The van der Waals surface area contributed by atoms with Gasteiger partial charge in [-0.15, -0.1) is 0 Å². The van der Waals surface area contributed by atoms with Crippen LogP contribution in [0, 0.1) is 5.92 Å². The smallest absolute Gasteiger partial charge is 0.219 e. The maximum Gasteiger partial charge on any atom is 0.219 e. The van der Waals surface area contributed by atoms with Crippen LogP contribution in [-0.4, -0.2) is 28.0 Å². The van der Waals surface area contributed by atoms with E-state index in [-0.39, 0.29) is 5.91 Å². The van der Waals surface area contributed by atoms with Crippen LogP contribution in [0.15, 0.2) is 24.4 Å². The summed E-state index contributed by atoms with van der Waals surface area (Å²) in [5, 5.41) is 1.44. The number of nitrogens with zero attached hydrogens (tertiary/aromatic N) is 2. The maximum absolute atomic E-state index is 12.1. The number of rotatable bonds is 0. The molecule has 110 valence electrons. The van der Waals surface area contributed by atoms with Crippen molar-refractivity contribution in [3.8, 4) is 0 Å². The van der Waals surface area contributed by atoms with Gasteiger partial charge in [-0.25, -0.2) is 0 Å². The second kappa shape index (κ2) is 4.36. The lowest BCUT2D eigenvalue weighted by Gasteiger charge is -2.46. The third-order valence-corrected chi connectivity index (χ3v) is 5.39. The molecule has 0 unspecified atom stereocenters. The highest BCUT2D eigenvalue weighted by Crippen LogP contribution is 2.45. The van der Waals surface area contributed by atoms with E-state index in [0.29, 0.717) is 17.9 Å². The predicted octanol–water partition coefficient (Wildman–Crippen LogP) is 3.07. The summed E-state index contributed by atoms with van der Waals surface area (Å²) in [4.78, 5) is 14.2. The monoisotopic (exact) mass is 282 g/mol. The number of piperidine rings is 1. The van der Waals surface area contributed by atoms with E-state index < -0.39 is 0 Å². The highest BCUT2D eigenvalue weighted by molar-refractivity contribution is 5.89. The van der Waals surface area contributed by atoms with Gasteiger partial charge in [-0.3, -0.25) is 4.79 Å². The molecule has 2 heterocycles. The number of carbonyl (C=O) groups is 1. The quantitative estimate of drug-likeness (QED) is 0.729. The van der Waals surface area contributed by atoms with Gasteiger partial charge in [0.2, 0.25) is 5.91 Å². The fraction of sp³-hybridized carbons (Fsp3) is 0.500. The van der Waals surface area contributed by atoms with Crippen LogP contribution in [0.1, 0.15) is 37.3 Å². The Morgan fingerprint density at radius 3 is 2.90 bits per heavy atom. The van der Waals surface area contributed by atoms with E-state index in [0.717, 1.165) is 13.0 Å². The first-order chi connectivity index (χ1) is 10.1. The first-order valence-electron chi connectivity index (χ1n) is 7.90. The molecule has 1 aliphatic carbocycles. The van der Waals surface area contributed by atoms with Crippen LogP contribution in [0.4, 0.5) is 0 Å². The molecule has 1 fully saturated rings. The number of carbonyl (C=O) groups excluding carboxylic acids is 1.